The van der Waals surface area contributed by atoms with Gasteiger partial charge in [0.1, 0.15) is 22.8 Å². The molecule has 0 bridgehead atoms. The molecule has 2 amide bonds. The number of β-lactam (4-membered cyclic amide) rings is 1. The molecule has 4 N–H and O–H groups in total. The minimum atomic E-state index is -1.30. The van der Waals surface area contributed by atoms with Crippen molar-refractivity contribution in [3.63, 3.8) is 0 Å². The fourth-order valence-electron chi connectivity index (χ4n) is 3.81. The van der Waals surface area contributed by atoms with Gasteiger partial charge in [-0.3, -0.25) is 19.3 Å². The quantitative estimate of drug-likeness (QED) is 0.134. The van der Waals surface area contributed by atoms with E-state index in [-0.39, 0.29) is 33.4 Å². The zero-order chi connectivity index (χ0) is 28.6. The van der Waals surface area contributed by atoms with Gasteiger partial charge in [-0.2, -0.15) is 0 Å². The summed E-state index contributed by atoms with van der Waals surface area (Å²) >= 11 is 12.3. The van der Waals surface area contributed by atoms with Crippen molar-refractivity contribution in [3.8, 4) is 0 Å². The number of thiazole rings is 1. The van der Waals surface area contributed by atoms with Crippen LogP contribution in [-0.4, -0.2) is 62.5 Å². The molecule has 2 atom stereocenters. The summed E-state index contributed by atoms with van der Waals surface area (Å²) in [6, 6.07) is 2.07. The van der Waals surface area contributed by atoms with Crippen LogP contribution in [0, 0.1) is 0 Å². The third-order valence-corrected chi connectivity index (χ3v) is 10.9. The lowest BCUT2D eigenvalue weighted by atomic mass is 10.0. The SMILES string of the molecule is Nc1nc(C(=NOCF)C(=O)NC2C(=O)N3C(C(=O)O)=C(C=CSc4cc(=O)c5cc(Cl)sc5s4)CS[C@@H]23)cs1. The Kier molecular flexibility index (Phi) is 8.48. The fourth-order valence-corrected chi connectivity index (χ4v) is 9.41. The van der Waals surface area contributed by atoms with Crippen molar-refractivity contribution < 1.29 is 28.7 Å². The number of thiophene rings is 1. The number of halogens is 2. The summed E-state index contributed by atoms with van der Waals surface area (Å²) < 4.78 is 14.5. The van der Waals surface area contributed by atoms with Crippen molar-refractivity contribution in [3.05, 3.63) is 60.5 Å². The minimum Gasteiger partial charge on any atom is -0.477 e. The molecule has 0 spiro atoms. The molecule has 0 aliphatic carbocycles. The van der Waals surface area contributed by atoms with Gasteiger partial charge in [-0.15, -0.1) is 45.8 Å². The monoisotopic (exact) mass is 659 g/mol. The molecule has 1 saturated heterocycles. The number of alkyl halides is 1. The molecule has 11 nitrogen and oxygen atoms in total. The van der Waals surface area contributed by atoms with Crippen LogP contribution in [0.4, 0.5) is 9.52 Å². The lowest BCUT2D eigenvalue weighted by Gasteiger charge is -2.49. The van der Waals surface area contributed by atoms with Gasteiger partial charge in [-0.05, 0) is 23.1 Å². The topological polar surface area (TPSA) is 164 Å². The zero-order valence-electron chi connectivity index (χ0n) is 19.7. The molecular formula is C22H15ClFN5O6S5. The number of carboxylic acid groups (broad SMARTS) is 1. The first-order valence-electron chi connectivity index (χ1n) is 10.9. The first-order chi connectivity index (χ1) is 19.2. The Morgan fingerprint density at radius 2 is 2.17 bits per heavy atom. The Morgan fingerprint density at radius 3 is 2.88 bits per heavy atom. The number of nitrogens with one attached hydrogen (secondary N) is 1. The number of allylic oxidation sites excluding steroid dienone is 1. The molecule has 0 radical (unpaired) electrons. The second-order valence-corrected chi connectivity index (χ2v) is 14.1. The molecule has 2 aliphatic rings. The molecule has 2 aliphatic heterocycles. The minimum absolute atomic E-state index is 0.0377. The normalized spacial score (nSPS) is 19.2. The Labute approximate surface area is 249 Å². The molecule has 208 valence electrons. The van der Waals surface area contributed by atoms with Crippen LogP contribution >= 0.6 is 69.1 Å². The summed E-state index contributed by atoms with van der Waals surface area (Å²) in [7, 11) is 0. The number of nitrogen functional groups attached to an aromatic ring is 1. The molecule has 3 aromatic heterocycles. The van der Waals surface area contributed by atoms with E-state index in [4.69, 9.17) is 17.3 Å². The number of hydrogen-bond acceptors (Lipinski definition) is 13. The van der Waals surface area contributed by atoms with Gasteiger partial charge in [-0.1, -0.05) is 28.5 Å². The molecular weight excluding hydrogens is 645 g/mol. The van der Waals surface area contributed by atoms with Gasteiger partial charge in [0.15, 0.2) is 16.3 Å². The average Bonchev–Trinajstić information content (AvgIpc) is 3.51. The molecule has 5 rings (SSSR count). The van der Waals surface area contributed by atoms with Crippen LogP contribution in [0.25, 0.3) is 9.40 Å². The van der Waals surface area contributed by atoms with E-state index in [0.29, 0.717) is 19.5 Å². The highest BCUT2D eigenvalue weighted by molar-refractivity contribution is 8.04. The summed E-state index contributed by atoms with van der Waals surface area (Å²) in [4.78, 5) is 59.8. The highest BCUT2D eigenvalue weighted by Gasteiger charge is 2.54. The molecule has 0 aromatic carbocycles. The van der Waals surface area contributed by atoms with Crippen molar-refractivity contribution in [1.82, 2.24) is 15.2 Å². The van der Waals surface area contributed by atoms with Crippen molar-refractivity contribution in [2.75, 3.05) is 18.3 Å². The van der Waals surface area contributed by atoms with Crippen LogP contribution in [0.3, 0.4) is 0 Å². The molecule has 1 fully saturated rings. The first-order valence-corrected chi connectivity index (χ1v) is 15.8. The fraction of sp³-hybridized carbons (Fsp3) is 0.182. The van der Waals surface area contributed by atoms with E-state index in [1.165, 1.54) is 57.6 Å². The van der Waals surface area contributed by atoms with Crippen molar-refractivity contribution >= 4 is 107 Å². The predicted octanol–water partition coefficient (Wildman–Crippen LogP) is 3.71. The second-order valence-electron chi connectivity index (χ2n) is 7.89. The number of carbonyl (C=O) groups is 3. The highest BCUT2D eigenvalue weighted by atomic mass is 35.5. The summed E-state index contributed by atoms with van der Waals surface area (Å²) in [6.45, 7) is -1.29. The van der Waals surface area contributed by atoms with E-state index in [2.05, 4.69) is 20.3 Å². The van der Waals surface area contributed by atoms with Gasteiger partial charge in [0.25, 0.3) is 18.7 Å². The van der Waals surface area contributed by atoms with E-state index < -0.39 is 36.1 Å². The number of thioether (sulfide) groups is 2. The second kappa shape index (κ2) is 11.9. The number of oxime groups is 1. The van der Waals surface area contributed by atoms with Crippen molar-refractivity contribution in [2.45, 2.75) is 15.6 Å². The van der Waals surface area contributed by atoms with E-state index >= 15 is 0 Å². The standard InChI is InChI=1S/C22H15ClFN5O6S5/c23-12-3-9-11(30)4-13(40-21(9)39-12)36-2-1-8-5-37-19-15(18(32)29(19)16(8)20(33)34)27-17(31)14(28-35-7-24)10-6-38-22(25)26-10/h1-4,6,15,19H,5,7H2,(H2,25,26)(H,27,31)(H,33,34)/t15?,19-/m0/s1. The van der Waals surface area contributed by atoms with Gasteiger partial charge < -0.3 is 21.0 Å². The maximum absolute atomic E-state index is 13.0. The van der Waals surface area contributed by atoms with Crippen LogP contribution < -0.4 is 16.5 Å². The van der Waals surface area contributed by atoms with Crippen LogP contribution in [0.5, 0.6) is 0 Å². The van der Waals surface area contributed by atoms with Gasteiger partial charge in [0.05, 0.1) is 17.9 Å². The van der Waals surface area contributed by atoms with Crippen LogP contribution in [0.15, 0.2) is 54.4 Å². The maximum Gasteiger partial charge on any atom is 0.352 e. The van der Waals surface area contributed by atoms with E-state index in [1.807, 2.05) is 0 Å². The summed E-state index contributed by atoms with van der Waals surface area (Å²) in [5.74, 6) is -2.56. The van der Waals surface area contributed by atoms with E-state index in [1.54, 1.807) is 17.6 Å². The van der Waals surface area contributed by atoms with Crippen LogP contribution in [-0.2, 0) is 19.2 Å². The molecule has 0 saturated carbocycles. The number of carboxylic acids is 1. The Bertz CT molecular complexity index is 1680. The van der Waals surface area contributed by atoms with Gasteiger partial charge in [0.2, 0.25) is 0 Å². The number of carbonyl (C=O) groups excluding carboxylic acids is 2. The smallest absolute Gasteiger partial charge is 0.352 e. The third-order valence-electron chi connectivity index (χ3n) is 5.50. The molecule has 1 unspecified atom stereocenters. The average molecular weight is 660 g/mol. The number of fused-ring (bicyclic) bond motifs is 2. The van der Waals surface area contributed by atoms with Gasteiger partial charge >= 0.3 is 5.97 Å². The first kappa shape index (κ1) is 28.6. The van der Waals surface area contributed by atoms with Crippen LogP contribution in [0.1, 0.15) is 5.69 Å². The number of aromatic nitrogens is 1. The van der Waals surface area contributed by atoms with Crippen LogP contribution in [0.2, 0.25) is 4.34 Å². The lowest BCUT2D eigenvalue weighted by molar-refractivity contribution is -0.150. The Balaban J connectivity index is 1.32. The number of nitrogens with zero attached hydrogens (tertiary/aromatic N) is 3. The van der Waals surface area contributed by atoms with Crippen molar-refractivity contribution in [2.24, 2.45) is 5.16 Å². The van der Waals surface area contributed by atoms with Gasteiger partial charge in [0, 0.05) is 17.2 Å². The molecule has 3 aromatic rings. The summed E-state index contributed by atoms with van der Waals surface area (Å²) in [5.41, 5.74) is 5.30. The molecule has 5 heterocycles. The van der Waals surface area contributed by atoms with Gasteiger partial charge in [-0.25, -0.2) is 14.2 Å². The number of aliphatic carboxylic acids is 1. The largest absolute Gasteiger partial charge is 0.477 e. The zero-order valence-corrected chi connectivity index (χ0v) is 24.5. The number of amides is 2. The summed E-state index contributed by atoms with van der Waals surface area (Å²) in [6.07, 6.45) is 1.59. The third kappa shape index (κ3) is 5.61. The maximum atomic E-state index is 13.0. The highest BCUT2D eigenvalue weighted by Crippen LogP contribution is 2.41. The predicted molar refractivity (Wildman–Crippen MR) is 156 cm³/mol. The Hall–Kier alpha value is -2.96. The van der Waals surface area contributed by atoms with E-state index in [9.17, 15) is 28.7 Å². The number of nitrogens with two attached hydrogens (primary N) is 1. The lowest BCUT2D eigenvalue weighted by Crippen LogP contribution is -2.71. The molecule has 40 heavy (non-hydrogen) atoms. The molecule has 18 heteroatoms. The number of rotatable bonds is 9. The Morgan fingerprint density at radius 1 is 1.38 bits per heavy atom. The van der Waals surface area contributed by atoms with Crippen molar-refractivity contribution in [1.29, 1.82) is 0 Å². The number of anilines is 1. The summed E-state index contributed by atoms with van der Waals surface area (Å²) in [5, 5.41) is 18.9. The van der Waals surface area contributed by atoms with E-state index in [0.717, 1.165) is 20.3 Å². The number of hydrogen-bond donors (Lipinski definition) is 3.